The summed E-state index contributed by atoms with van der Waals surface area (Å²) in [5.41, 5.74) is 29.8. The molecule has 0 aliphatic rings. The molecule has 0 aromatic heterocycles. The molecule has 0 radical (unpaired) electrons. The maximum absolute atomic E-state index is 10.1. The van der Waals surface area contributed by atoms with Crippen LogP contribution in [0.3, 0.4) is 0 Å². The standard InChI is InChI=1S/C6H14N2O2.4C4H7NO4/c7-4-2-1-3-5(8)6(9)10;4*5-2(4(8)9)1-3(6)7/h5H,1-4,7-8H2,(H,9,10);4*2H,1,5H2,(H,6,7)(H,8,9)/t5-;4*2-/m00000/s1. The maximum Gasteiger partial charge on any atom is 0.321 e. The van der Waals surface area contributed by atoms with Crippen LogP contribution in [0, 0.1) is 0 Å². The first-order valence-electron chi connectivity index (χ1n) is 12.3. The lowest BCUT2D eigenvalue weighted by Gasteiger charge is -2.03. The van der Waals surface area contributed by atoms with E-state index in [0.29, 0.717) is 13.0 Å². The third-order valence-corrected chi connectivity index (χ3v) is 4.13. The van der Waals surface area contributed by atoms with E-state index in [1.807, 2.05) is 0 Å². The second-order valence-electron chi connectivity index (χ2n) is 8.40. The Balaban J connectivity index is -0.000000152. The van der Waals surface area contributed by atoms with Crippen molar-refractivity contribution in [3.8, 4) is 0 Å². The predicted molar refractivity (Wildman–Crippen MR) is 150 cm³/mol. The van der Waals surface area contributed by atoms with Crippen molar-refractivity contribution in [2.24, 2.45) is 34.4 Å². The summed E-state index contributed by atoms with van der Waals surface area (Å²) in [6.45, 7) is 0.604. The third-order valence-electron chi connectivity index (χ3n) is 4.13. The van der Waals surface area contributed by atoms with Crippen molar-refractivity contribution < 1.29 is 89.1 Å². The number of rotatable bonds is 17. The van der Waals surface area contributed by atoms with Gasteiger partial charge in [0, 0.05) is 0 Å². The van der Waals surface area contributed by atoms with Gasteiger partial charge in [-0.3, -0.25) is 43.2 Å². The van der Waals surface area contributed by atoms with Gasteiger partial charge in [0.05, 0.1) is 25.7 Å². The molecule has 24 nitrogen and oxygen atoms in total. The summed E-state index contributed by atoms with van der Waals surface area (Å²) >= 11 is 0. The molecular formula is C22H42N6O18. The number of carboxylic acid groups (broad SMARTS) is 9. The molecule has 5 atom stereocenters. The SMILES string of the molecule is NCCCC[C@H](N)C(=O)O.N[C@@H](CC(=O)O)C(=O)O.N[C@@H](CC(=O)O)C(=O)O.N[C@@H](CC(=O)O)C(=O)O.N[C@@H](CC(=O)O)C(=O)O. The molecule has 0 saturated carbocycles. The molecule has 0 aromatic rings. The normalized spacial score (nSPS) is 12.7. The molecule has 21 N–H and O–H groups in total. The Labute approximate surface area is 259 Å². The van der Waals surface area contributed by atoms with E-state index in [2.05, 4.69) is 0 Å². The highest BCUT2D eigenvalue weighted by atomic mass is 16.4. The molecule has 0 aliphatic carbocycles. The molecule has 0 saturated heterocycles. The molecule has 0 unspecified atom stereocenters. The first kappa shape index (κ1) is 50.6. The van der Waals surface area contributed by atoms with E-state index in [0.717, 1.165) is 12.8 Å². The second-order valence-corrected chi connectivity index (χ2v) is 8.40. The summed E-state index contributed by atoms with van der Waals surface area (Å²) in [5.74, 6) is -10.9. The van der Waals surface area contributed by atoms with Crippen molar-refractivity contribution >= 4 is 53.7 Å². The first-order chi connectivity index (χ1) is 20.8. The largest absolute Gasteiger partial charge is 0.481 e. The van der Waals surface area contributed by atoms with Gasteiger partial charge in [-0.2, -0.15) is 0 Å². The van der Waals surface area contributed by atoms with E-state index in [4.69, 9.17) is 80.4 Å². The highest BCUT2D eigenvalue weighted by molar-refractivity contribution is 5.81. The van der Waals surface area contributed by atoms with Crippen LogP contribution in [0.5, 0.6) is 0 Å². The Morgan fingerprint density at radius 3 is 0.674 bits per heavy atom. The number of carboxylic acids is 9. The molecule has 0 heterocycles. The van der Waals surface area contributed by atoms with Crippen LogP contribution >= 0.6 is 0 Å². The van der Waals surface area contributed by atoms with Gasteiger partial charge in [-0.25, -0.2) is 0 Å². The van der Waals surface area contributed by atoms with Crippen LogP contribution in [0.4, 0.5) is 0 Å². The number of unbranched alkanes of at least 4 members (excludes halogenated alkanes) is 1. The van der Waals surface area contributed by atoms with E-state index in [1.165, 1.54) is 0 Å². The Kier molecular flexibility index (Phi) is 33.0. The second kappa shape index (κ2) is 30.0. The van der Waals surface area contributed by atoms with Crippen molar-refractivity contribution in [3.05, 3.63) is 0 Å². The van der Waals surface area contributed by atoms with Crippen molar-refractivity contribution in [2.75, 3.05) is 6.54 Å². The molecule has 0 aromatic carbocycles. The Morgan fingerprint density at radius 1 is 0.370 bits per heavy atom. The van der Waals surface area contributed by atoms with Crippen LogP contribution < -0.4 is 34.4 Å². The van der Waals surface area contributed by atoms with Crippen molar-refractivity contribution in [2.45, 2.75) is 75.2 Å². The van der Waals surface area contributed by atoms with Gasteiger partial charge in [0.2, 0.25) is 0 Å². The lowest BCUT2D eigenvalue weighted by molar-refractivity contribution is -0.144. The summed E-state index contributed by atoms with van der Waals surface area (Å²) in [6.07, 6.45) is 0.0345. The highest BCUT2D eigenvalue weighted by Crippen LogP contribution is 1.97. The maximum atomic E-state index is 10.1. The molecule has 0 rings (SSSR count). The lowest BCUT2D eigenvalue weighted by Crippen LogP contribution is -2.32. The van der Waals surface area contributed by atoms with E-state index in [-0.39, 0.29) is 0 Å². The Bertz CT molecular complexity index is 866. The fourth-order valence-corrected chi connectivity index (χ4v) is 1.73. The van der Waals surface area contributed by atoms with E-state index >= 15 is 0 Å². The molecule has 0 fully saturated rings. The smallest absolute Gasteiger partial charge is 0.321 e. The van der Waals surface area contributed by atoms with Crippen LogP contribution in [-0.4, -0.2) is 136 Å². The number of carbonyl (C=O) groups is 9. The molecule has 268 valence electrons. The van der Waals surface area contributed by atoms with Gasteiger partial charge in [0.15, 0.2) is 0 Å². The fraction of sp³-hybridized carbons (Fsp3) is 0.591. The topological polar surface area (TPSA) is 492 Å². The minimum atomic E-state index is -1.29. The van der Waals surface area contributed by atoms with Gasteiger partial charge in [-0.15, -0.1) is 0 Å². The van der Waals surface area contributed by atoms with Crippen LogP contribution in [0.1, 0.15) is 44.9 Å². The predicted octanol–water partition coefficient (Wildman–Crippen LogP) is -4.98. The number of aliphatic carboxylic acids is 9. The average molecular weight is 679 g/mol. The van der Waals surface area contributed by atoms with E-state index in [1.54, 1.807) is 0 Å². The van der Waals surface area contributed by atoms with Gasteiger partial charge in [0.1, 0.15) is 30.2 Å². The van der Waals surface area contributed by atoms with E-state index < -0.39 is 110 Å². The van der Waals surface area contributed by atoms with E-state index in [9.17, 15) is 43.2 Å². The number of nitrogens with two attached hydrogens (primary N) is 6. The summed E-state index contributed by atoms with van der Waals surface area (Å²) in [4.78, 5) is 88.6. The summed E-state index contributed by atoms with van der Waals surface area (Å²) < 4.78 is 0. The Hall–Kier alpha value is -5.01. The quantitative estimate of drug-likeness (QED) is 0.0640. The van der Waals surface area contributed by atoms with Gasteiger partial charge in [0.25, 0.3) is 0 Å². The minimum absolute atomic E-state index is 0.520. The van der Waals surface area contributed by atoms with Gasteiger partial charge >= 0.3 is 53.7 Å². The van der Waals surface area contributed by atoms with Crippen LogP contribution in [0.15, 0.2) is 0 Å². The van der Waals surface area contributed by atoms with Crippen LogP contribution in [-0.2, 0) is 43.2 Å². The molecule has 0 spiro atoms. The zero-order chi connectivity index (χ0) is 37.7. The van der Waals surface area contributed by atoms with Crippen LogP contribution in [0.25, 0.3) is 0 Å². The average Bonchev–Trinajstić information content (AvgIpc) is 2.88. The molecule has 46 heavy (non-hydrogen) atoms. The van der Waals surface area contributed by atoms with Crippen molar-refractivity contribution in [1.82, 2.24) is 0 Å². The highest BCUT2D eigenvalue weighted by Gasteiger charge is 2.16. The molecule has 0 amide bonds. The lowest BCUT2D eigenvalue weighted by atomic mass is 10.1. The monoisotopic (exact) mass is 678 g/mol. The summed E-state index contributed by atoms with van der Waals surface area (Å²) in [7, 11) is 0. The third kappa shape index (κ3) is 43.4. The Morgan fingerprint density at radius 2 is 0.565 bits per heavy atom. The minimum Gasteiger partial charge on any atom is -0.481 e. The summed E-state index contributed by atoms with van der Waals surface area (Å²) in [5, 5.41) is 72.5. The molecule has 0 bridgehead atoms. The zero-order valence-corrected chi connectivity index (χ0v) is 24.2. The molecule has 24 heteroatoms. The number of hydrogen-bond acceptors (Lipinski definition) is 15. The van der Waals surface area contributed by atoms with Crippen molar-refractivity contribution in [1.29, 1.82) is 0 Å². The number of hydrogen-bond donors (Lipinski definition) is 15. The molecule has 0 aliphatic heterocycles. The van der Waals surface area contributed by atoms with Crippen LogP contribution in [0.2, 0.25) is 0 Å². The van der Waals surface area contributed by atoms with Gasteiger partial charge in [-0.05, 0) is 19.4 Å². The fourth-order valence-electron chi connectivity index (χ4n) is 1.73. The molecular weight excluding hydrogens is 636 g/mol. The van der Waals surface area contributed by atoms with Crippen molar-refractivity contribution in [3.63, 3.8) is 0 Å². The van der Waals surface area contributed by atoms with Gasteiger partial charge < -0.3 is 80.4 Å². The van der Waals surface area contributed by atoms with Gasteiger partial charge in [-0.1, -0.05) is 6.42 Å². The first-order valence-corrected chi connectivity index (χ1v) is 12.3. The zero-order valence-electron chi connectivity index (χ0n) is 24.2. The summed E-state index contributed by atoms with van der Waals surface area (Å²) in [6, 6.07) is -5.87.